The summed E-state index contributed by atoms with van der Waals surface area (Å²) in [6.45, 7) is 0. The number of nitrogens with zero attached hydrogens (tertiary/aromatic N) is 1. The highest BCUT2D eigenvalue weighted by Crippen LogP contribution is 2.70. The zero-order chi connectivity index (χ0) is 33.3. The van der Waals surface area contributed by atoms with Gasteiger partial charge in [0.2, 0.25) is 0 Å². The topological polar surface area (TPSA) is 26.0 Å². The van der Waals surface area contributed by atoms with Gasteiger partial charge in [0.25, 0.3) is 0 Å². The average Bonchev–Trinajstić information content (AvgIpc) is 3.70. The number of hydrogen-bond acceptors (Lipinski definition) is 2. The minimum atomic E-state index is 0.0894. The first-order valence-corrected chi connectivity index (χ1v) is 18.9. The minimum Gasteiger partial charge on any atom is -0.456 e. The molecule has 51 heavy (non-hydrogen) atoms. The van der Waals surface area contributed by atoms with Crippen LogP contribution in [0, 0.1) is 23.7 Å². The molecule has 0 atom stereocenters. The molecule has 4 fully saturated rings. The first kappa shape index (κ1) is 28.3. The number of furan rings is 1. The van der Waals surface area contributed by atoms with E-state index < -0.39 is 0 Å². The Morgan fingerprint density at radius 1 is 0.510 bits per heavy atom. The largest absolute Gasteiger partial charge is 0.456 e. The third-order valence-corrected chi connectivity index (χ3v) is 13.6. The smallest absolute Gasteiger partial charge is 0.136 e. The van der Waals surface area contributed by atoms with Crippen molar-refractivity contribution >= 4 is 32.7 Å². The summed E-state index contributed by atoms with van der Waals surface area (Å²) in [4.78, 5) is 4.52. The molecule has 8 aromatic rings. The molecule has 0 unspecified atom stereocenters. The van der Waals surface area contributed by atoms with E-state index in [2.05, 4.69) is 126 Å². The Balaban J connectivity index is 1.12. The van der Waals surface area contributed by atoms with Crippen molar-refractivity contribution in [1.82, 2.24) is 4.98 Å². The molecule has 2 nitrogen and oxygen atoms in total. The van der Waals surface area contributed by atoms with Crippen LogP contribution in [0.25, 0.3) is 77.2 Å². The molecule has 4 bridgehead atoms. The van der Waals surface area contributed by atoms with Gasteiger partial charge in [0.05, 0.1) is 0 Å². The predicted octanol–water partition coefficient (Wildman–Crippen LogP) is 12.9. The van der Waals surface area contributed by atoms with Crippen LogP contribution < -0.4 is 0 Å². The number of benzene rings is 6. The lowest BCUT2D eigenvalue weighted by Crippen LogP contribution is -2.55. The third-order valence-electron chi connectivity index (χ3n) is 13.6. The number of rotatable bonds is 3. The van der Waals surface area contributed by atoms with Crippen molar-refractivity contribution in [2.45, 2.75) is 37.5 Å². The molecule has 0 radical (unpaired) electrons. The van der Waals surface area contributed by atoms with Crippen LogP contribution in [-0.2, 0) is 5.41 Å². The van der Waals surface area contributed by atoms with Gasteiger partial charge in [-0.25, -0.2) is 0 Å². The maximum Gasteiger partial charge on any atom is 0.136 e. The van der Waals surface area contributed by atoms with Gasteiger partial charge < -0.3 is 4.42 Å². The summed E-state index contributed by atoms with van der Waals surface area (Å²) in [6, 6.07) is 47.8. The number of para-hydroxylation sites is 1. The first-order chi connectivity index (χ1) is 25.2. The Kier molecular flexibility index (Phi) is 5.70. The SMILES string of the molecule is c1cncc(-c2cccc3cccc(-c4cccc5c4-c4cc(-c6ccc7c(c6)oc6ccccc67)ccc4C54C5CC6CC(C5)CC4C6)c23)c1. The van der Waals surface area contributed by atoms with Gasteiger partial charge in [-0.3, -0.25) is 4.98 Å². The lowest BCUT2D eigenvalue weighted by molar-refractivity contribution is -0.0399. The van der Waals surface area contributed by atoms with Crippen molar-refractivity contribution in [3.05, 3.63) is 151 Å². The molecule has 5 aliphatic rings. The van der Waals surface area contributed by atoms with Crippen molar-refractivity contribution in [1.29, 1.82) is 0 Å². The molecule has 5 aliphatic carbocycles. The number of fused-ring (bicyclic) bond motifs is 7. The summed E-state index contributed by atoms with van der Waals surface area (Å²) in [5, 5.41) is 4.93. The van der Waals surface area contributed by atoms with Gasteiger partial charge in [-0.1, -0.05) is 97.1 Å². The van der Waals surface area contributed by atoms with E-state index in [1.165, 1.54) is 92.6 Å². The fraction of sp³-hybridized carbons (Fsp3) is 0.204. The second-order valence-electron chi connectivity index (χ2n) is 15.9. The van der Waals surface area contributed by atoms with Crippen LogP contribution in [0.2, 0.25) is 0 Å². The van der Waals surface area contributed by atoms with Crippen molar-refractivity contribution < 1.29 is 4.42 Å². The molecule has 0 saturated heterocycles. The van der Waals surface area contributed by atoms with Crippen molar-refractivity contribution in [3.63, 3.8) is 0 Å². The van der Waals surface area contributed by atoms with E-state index in [0.717, 1.165) is 28.6 Å². The number of hydrogen-bond donors (Lipinski definition) is 0. The van der Waals surface area contributed by atoms with Crippen LogP contribution in [-0.4, -0.2) is 4.98 Å². The molecular formula is C49H37NO. The standard InChI is InChI=1S/C49H37NO/c1-2-15-45-38(10-1)39-18-16-33(27-46(39)51-45)32-17-19-43-42(26-32)48-41(13-5-14-44(48)49(43)35-22-29-21-30(24-35)25-36(49)23-29)40-12-4-8-31-7-3-11-37(47(31)40)34-9-6-20-50-28-34/h1-20,26-30,35-36H,21-25H2. The lowest BCUT2D eigenvalue weighted by Gasteiger charge is -2.61. The lowest BCUT2D eigenvalue weighted by atomic mass is 9.43. The van der Waals surface area contributed by atoms with Crippen LogP contribution in [0.4, 0.5) is 0 Å². The highest BCUT2D eigenvalue weighted by atomic mass is 16.3. The van der Waals surface area contributed by atoms with Crippen LogP contribution in [0.15, 0.2) is 144 Å². The van der Waals surface area contributed by atoms with Gasteiger partial charge in [-0.2, -0.15) is 0 Å². The molecular weight excluding hydrogens is 619 g/mol. The van der Waals surface area contributed by atoms with Crippen LogP contribution in [0.5, 0.6) is 0 Å². The Hall–Kier alpha value is -5.47. The van der Waals surface area contributed by atoms with E-state index in [1.807, 2.05) is 18.5 Å². The average molecular weight is 656 g/mol. The number of aromatic nitrogens is 1. The first-order valence-electron chi connectivity index (χ1n) is 18.9. The van der Waals surface area contributed by atoms with Crippen molar-refractivity contribution in [2.75, 3.05) is 0 Å². The summed E-state index contributed by atoms with van der Waals surface area (Å²) in [6.07, 6.45) is 10.8. The summed E-state index contributed by atoms with van der Waals surface area (Å²) >= 11 is 0. The Morgan fingerprint density at radius 3 is 2.06 bits per heavy atom. The Labute approximate surface area is 297 Å². The van der Waals surface area contributed by atoms with E-state index in [1.54, 1.807) is 11.1 Å². The molecule has 1 spiro atoms. The van der Waals surface area contributed by atoms with E-state index in [9.17, 15) is 0 Å². The van der Waals surface area contributed by atoms with Gasteiger partial charge in [-0.05, 0) is 147 Å². The molecule has 244 valence electrons. The molecule has 0 amide bonds. The van der Waals surface area contributed by atoms with E-state index >= 15 is 0 Å². The van der Waals surface area contributed by atoms with Crippen LogP contribution in [0.1, 0.15) is 43.2 Å². The van der Waals surface area contributed by atoms with Gasteiger partial charge in [0, 0.05) is 34.1 Å². The molecule has 2 heterocycles. The van der Waals surface area contributed by atoms with E-state index in [4.69, 9.17) is 4.42 Å². The fourth-order valence-electron chi connectivity index (χ4n) is 11.9. The second-order valence-corrected chi connectivity index (χ2v) is 15.9. The monoisotopic (exact) mass is 655 g/mol. The van der Waals surface area contributed by atoms with Gasteiger partial charge in [0.15, 0.2) is 0 Å². The van der Waals surface area contributed by atoms with Crippen molar-refractivity contribution in [2.24, 2.45) is 23.7 Å². The van der Waals surface area contributed by atoms with Gasteiger partial charge in [0.1, 0.15) is 11.2 Å². The van der Waals surface area contributed by atoms with Crippen LogP contribution in [0.3, 0.4) is 0 Å². The summed E-state index contributed by atoms with van der Waals surface area (Å²) in [5.74, 6) is 3.23. The molecule has 2 aromatic heterocycles. The van der Waals surface area contributed by atoms with Gasteiger partial charge >= 0.3 is 0 Å². The summed E-state index contributed by atoms with van der Waals surface area (Å²) < 4.78 is 6.38. The van der Waals surface area contributed by atoms with E-state index in [-0.39, 0.29) is 5.41 Å². The van der Waals surface area contributed by atoms with Crippen molar-refractivity contribution in [3.8, 4) is 44.5 Å². The third kappa shape index (κ3) is 3.80. The zero-order valence-corrected chi connectivity index (χ0v) is 28.5. The molecule has 4 saturated carbocycles. The number of pyridine rings is 1. The maximum absolute atomic E-state index is 6.38. The summed E-state index contributed by atoms with van der Waals surface area (Å²) in [7, 11) is 0. The highest BCUT2D eigenvalue weighted by Gasteiger charge is 2.61. The maximum atomic E-state index is 6.38. The minimum absolute atomic E-state index is 0.0894. The second kappa shape index (κ2) is 10.3. The molecule has 0 aliphatic heterocycles. The van der Waals surface area contributed by atoms with Crippen LogP contribution >= 0.6 is 0 Å². The normalized spacial score (nSPS) is 24.2. The zero-order valence-electron chi connectivity index (χ0n) is 28.5. The summed E-state index contributed by atoms with van der Waals surface area (Å²) in [5.41, 5.74) is 15.6. The molecule has 13 rings (SSSR count). The molecule has 0 N–H and O–H groups in total. The highest BCUT2D eigenvalue weighted by molar-refractivity contribution is 6.10. The quantitative estimate of drug-likeness (QED) is 0.189. The fourth-order valence-corrected chi connectivity index (χ4v) is 11.9. The Morgan fingerprint density at radius 2 is 1.24 bits per heavy atom. The molecule has 2 heteroatoms. The van der Waals surface area contributed by atoms with E-state index in [0.29, 0.717) is 11.8 Å². The Bertz CT molecular complexity index is 2680. The predicted molar refractivity (Wildman–Crippen MR) is 209 cm³/mol. The van der Waals surface area contributed by atoms with Gasteiger partial charge in [-0.15, -0.1) is 0 Å². The molecule has 6 aromatic carbocycles.